The monoisotopic (exact) mass is 371 g/mol. The van der Waals surface area contributed by atoms with Crippen molar-refractivity contribution in [1.82, 2.24) is 25.8 Å². The van der Waals surface area contributed by atoms with Crippen LogP contribution in [0.2, 0.25) is 0 Å². The van der Waals surface area contributed by atoms with Gasteiger partial charge in [-0.1, -0.05) is 12.1 Å². The summed E-state index contributed by atoms with van der Waals surface area (Å²) in [5, 5.41) is 9.04. The van der Waals surface area contributed by atoms with Gasteiger partial charge in [-0.2, -0.15) is 0 Å². The molecule has 1 aliphatic rings. The third-order valence-electron chi connectivity index (χ3n) is 4.63. The molecule has 0 spiro atoms. The van der Waals surface area contributed by atoms with E-state index in [0.717, 1.165) is 39.1 Å². The highest BCUT2D eigenvalue weighted by atomic mass is 16.2. The van der Waals surface area contributed by atoms with Gasteiger partial charge in [0, 0.05) is 49.8 Å². The van der Waals surface area contributed by atoms with Crippen molar-refractivity contribution < 1.29 is 9.59 Å². The van der Waals surface area contributed by atoms with Crippen molar-refractivity contribution in [3.8, 4) is 0 Å². The first-order valence-electron chi connectivity index (χ1n) is 9.23. The minimum atomic E-state index is -0.557. The highest BCUT2D eigenvalue weighted by Crippen LogP contribution is 2.06. The summed E-state index contributed by atoms with van der Waals surface area (Å²) in [7, 11) is 0. The molecule has 0 aliphatic carbocycles. The van der Waals surface area contributed by atoms with E-state index in [0.29, 0.717) is 17.4 Å². The van der Waals surface area contributed by atoms with Crippen LogP contribution in [0.1, 0.15) is 16.8 Å². The fraction of sp³-hybridized carbons (Fsp3) is 0.421. The first-order chi connectivity index (χ1) is 13.1. The van der Waals surface area contributed by atoms with Gasteiger partial charge in [-0.05, 0) is 25.1 Å². The van der Waals surface area contributed by atoms with Gasteiger partial charge in [0.15, 0.2) is 0 Å². The fourth-order valence-corrected chi connectivity index (χ4v) is 3.12. The number of nitrogens with one attached hydrogen (secondary N) is 4. The molecule has 2 amide bonds. The second-order valence-electron chi connectivity index (χ2n) is 6.55. The highest BCUT2D eigenvalue weighted by Gasteiger charge is 2.14. The molecule has 3 rings (SSSR count). The average molecular weight is 371 g/mol. The number of benzene rings is 1. The van der Waals surface area contributed by atoms with Gasteiger partial charge in [0.2, 0.25) is 11.3 Å². The van der Waals surface area contributed by atoms with Crippen LogP contribution >= 0.6 is 0 Å². The van der Waals surface area contributed by atoms with E-state index < -0.39 is 5.91 Å². The van der Waals surface area contributed by atoms with Gasteiger partial charge in [-0.3, -0.25) is 14.4 Å². The van der Waals surface area contributed by atoms with E-state index in [4.69, 9.17) is 0 Å². The second kappa shape index (κ2) is 9.29. The molecule has 0 atom stereocenters. The number of carbonyl (C=O) groups is 2. The van der Waals surface area contributed by atoms with Crippen LogP contribution < -0.4 is 21.4 Å². The SMILES string of the molecule is O=C(CNC(=O)c1c[nH]c2ccccc2c1=O)NCCCN1CCNCC1. The lowest BCUT2D eigenvalue weighted by Gasteiger charge is -2.27. The zero-order chi connectivity index (χ0) is 19.1. The van der Waals surface area contributed by atoms with Crippen molar-refractivity contribution in [3.05, 3.63) is 46.2 Å². The zero-order valence-electron chi connectivity index (χ0n) is 15.2. The summed E-state index contributed by atoms with van der Waals surface area (Å²) in [5.74, 6) is -0.821. The van der Waals surface area contributed by atoms with Crippen molar-refractivity contribution in [2.75, 3.05) is 45.8 Å². The summed E-state index contributed by atoms with van der Waals surface area (Å²) in [6.45, 7) is 5.43. The van der Waals surface area contributed by atoms with Gasteiger partial charge in [0.05, 0.1) is 6.54 Å². The summed E-state index contributed by atoms with van der Waals surface area (Å²) >= 11 is 0. The lowest BCUT2D eigenvalue weighted by atomic mass is 10.1. The maximum Gasteiger partial charge on any atom is 0.257 e. The number of aromatic nitrogens is 1. The summed E-state index contributed by atoms with van der Waals surface area (Å²) in [6, 6.07) is 6.99. The van der Waals surface area contributed by atoms with E-state index in [1.165, 1.54) is 6.20 Å². The van der Waals surface area contributed by atoms with Gasteiger partial charge in [0.1, 0.15) is 5.56 Å². The molecule has 144 valence electrons. The van der Waals surface area contributed by atoms with Crippen LogP contribution in [0.25, 0.3) is 10.9 Å². The lowest BCUT2D eigenvalue weighted by Crippen LogP contribution is -2.44. The second-order valence-corrected chi connectivity index (χ2v) is 6.55. The molecule has 1 aromatic carbocycles. The van der Waals surface area contributed by atoms with Crippen LogP contribution in [-0.2, 0) is 4.79 Å². The molecular weight excluding hydrogens is 346 g/mol. The van der Waals surface area contributed by atoms with E-state index in [9.17, 15) is 14.4 Å². The summed E-state index contributed by atoms with van der Waals surface area (Å²) in [5.41, 5.74) is 0.319. The molecule has 1 fully saturated rings. The number of nitrogens with zero attached hydrogens (tertiary/aromatic N) is 1. The maximum absolute atomic E-state index is 12.4. The van der Waals surface area contributed by atoms with Gasteiger partial charge in [-0.15, -0.1) is 0 Å². The zero-order valence-corrected chi connectivity index (χ0v) is 15.2. The smallest absolute Gasteiger partial charge is 0.257 e. The first kappa shape index (κ1) is 19.1. The van der Waals surface area contributed by atoms with Crippen LogP contribution in [-0.4, -0.2) is 67.5 Å². The number of H-pyrrole nitrogens is 1. The maximum atomic E-state index is 12.4. The van der Waals surface area contributed by atoms with Crippen molar-refractivity contribution in [2.24, 2.45) is 0 Å². The number of fused-ring (bicyclic) bond motifs is 1. The number of carbonyl (C=O) groups excluding carboxylic acids is 2. The molecule has 2 aromatic rings. The summed E-state index contributed by atoms with van der Waals surface area (Å²) in [6.07, 6.45) is 2.25. The number of rotatable bonds is 7. The van der Waals surface area contributed by atoms with E-state index in [-0.39, 0.29) is 23.4 Å². The largest absolute Gasteiger partial charge is 0.360 e. The van der Waals surface area contributed by atoms with Crippen molar-refractivity contribution in [2.45, 2.75) is 6.42 Å². The Morgan fingerprint density at radius 2 is 1.89 bits per heavy atom. The van der Waals surface area contributed by atoms with Gasteiger partial charge >= 0.3 is 0 Å². The Morgan fingerprint density at radius 3 is 2.70 bits per heavy atom. The van der Waals surface area contributed by atoms with E-state index in [1.807, 2.05) is 6.07 Å². The molecule has 8 nitrogen and oxygen atoms in total. The molecule has 0 radical (unpaired) electrons. The Balaban J connectivity index is 1.42. The minimum Gasteiger partial charge on any atom is -0.360 e. The molecule has 8 heteroatoms. The molecule has 2 heterocycles. The van der Waals surface area contributed by atoms with E-state index in [1.54, 1.807) is 18.2 Å². The fourth-order valence-electron chi connectivity index (χ4n) is 3.12. The Labute approximate surface area is 157 Å². The van der Waals surface area contributed by atoms with Gasteiger partial charge < -0.3 is 25.8 Å². The predicted octanol–water partition coefficient (Wildman–Crippen LogP) is -0.331. The van der Waals surface area contributed by atoms with E-state index >= 15 is 0 Å². The number of pyridine rings is 1. The predicted molar refractivity (Wildman–Crippen MR) is 104 cm³/mol. The lowest BCUT2D eigenvalue weighted by molar-refractivity contribution is -0.120. The van der Waals surface area contributed by atoms with Crippen molar-refractivity contribution >= 4 is 22.7 Å². The molecule has 0 saturated carbocycles. The number of hydrogen-bond acceptors (Lipinski definition) is 5. The molecular formula is C19H25N5O3. The van der Waals surface area contributed by atoms with Crippen LogP contribution in [0.4, 0.5) is 0 Å². The standard InChI is InChI=1S/C19H25N5O3/c25-17(21-6-3-9-24-10-7-20-8-11-24)13-23-19(27)15-12-22-16-5-2-1-4-14(16)18(15)26/h1-2,4-5,12,20H,3,6-11,13H2,(H,21,25)(H,22,26)(H,23,27). The Bertz CT molecular complexity index is 858. The molecule has 27 heavy (non-hydrogen) atoms. The number of piperazine rings is 1. The van der Waals surface area contributed by atoms with Crippen molar-refractivity contribution in [1.29, 1.82) is 0 Å². The number of para-hydroxylation sites is 1. The van der Waals surface area contributed by atoms with Gasteiger partial charge in [-0.25, -0.2) is 0 Å². The van der Waals surface area contributed by atoms with Crippen LogP contribution in [0.5, 0.6) is 0 Å². The topological polar surface area (TPSA) is 106 Å². The van der Waals surface area contributed by atoms with Crippen LogP contribution in [0.3, 0.4) is 0 Å². The molecule has 4 N–H and O–H groups in total. The Kier molecular flexibility index (Phi) is 6.56. The number of hydrogen-bond donors (Lipinski definition) is 4. The summed E-state index contributed by atoms with van der Waals surface area (Å²) in [4.78, 5) is 41.8. The van der Waals surface area contributed by atoms with Crippen LogP contribution in [0, 0.1) is 0 Å². The third kappa shape index (κ3) is 5.15. The Hall–Kier alpha value is -2.71. The average Bonchev–Trinajstić information content (AvgIpc) is 2.71. The molecule has 1 saturated heterocycles. The van der Waals surface area contributed by atoms with Crippen molar-refractivity contribution in [3.63, 3.8) is 0 Å². The molecule has 1 aliphatic heterocycles. The quantitative estimate of drug-likeness (QED) is 0.499. The number of amides is 2. The molecule has 0 bridgehead atoms. The molecule has 0 unspecified atom stereocenters. The Morgan fingerprint density at radius 1 is 1.11 bits per heavy atom. The van der Waals surface area contributed by atoms with Crippen LogP contribution in [0.15, 0.2) is 35.3 Å². The first-order valence-corrected chi connectivity index (χ1v) is 9.23. The summed E-state index contributed by atoms with van der Waals surface area (Å²) < 4.78 is 0. The molecule has 1 aromatic heterocycles. The normalized spacial score (nSPS) is 14.8. The third-order valence-corrected chi connectivity index (χ3v) is 4.63. The minimum absolute atomic E-state index is 0.000193. The number of aromatic amines is 1. The van der Waals surface area contributed by atoms with E-state index in [2.05, 4.69) is 25.8 Å². The highest BCUT2D eigenvalue weighted by molar-refractivity contribution is 5.98. The van der Waals surface area contributed by atoms with Gasteiger partial charge in [0.25, 0.3) is 5.91 Å².